The van der Waals surface area contributed by atoms with E-state index in [-0.39, 0.29) is 0 Å². The Morgan fingerprint density at radius 1 is 0.824 bits per heavy atom. The summed E-state index contributed by atoms with van der Waals surface area (Å²) in [6.07, 6.45) is 3.05. The molecule has 0 unspecified atom stereocenters. The topological polar surface area (TPSA) is 44.5 Å². The van der Waals surface area contributed by atoms with Gasteiger partial charge >= 0.3 is 0 Å². The van der Waals surface area contributed by atoms with Gasteiger partial charge in [0.05, 0.1) is 6.61 Å². The zero-order valence-corrected chi connectivity index (χ0v) is 10.4. The molecule has 0 heterocycles. The summed E-state index contributed by atoms with van der Waals surface area (Å²) in [5.41, 5.74) is 6.59. The molecule has 0 spiro atoms. The van der Waals surface area contributed by atoms with Crippen LogP contribution in [-0.2, 0) is 16.1 Å². The average Bonchev–Trinajstić information content (AvgIpc) is 2.38. The molecule has 0 saturated carbocycles. The van der Waals surface area contributed by atoms with Crippen molar-refractivity contribution in [1.82, 2.24) is 0 Å². The lowest BCUT2D eigenvalue weighted by Gasteiger charge is -2.05. The summed E-state index contributed by atoms with van der Waals surface area (Å²) in [5.74, 6) is 0. The van der Waals surface area contributed by atoms with Gasteiger partial charge in [-0.1, -0.05) is 30.3 Å². The van der Waals surface area contributed by atoms with E-state index in [0.717, 1.165) is 39.1 Å². The zero-order chi connectivity index (χ0) is 12.2. The maximum absolute atomic E-state index is 5.57. The Hall–Kier alpha value is -0.900. The van der Waals surface area contributed by atoms with Gasteiger partial charge in [0.2, 0.25) is 0 Å². The molecule has 0 saturated heterocycles. The van der Waals surface area contributed by atoms with Crippen LogP contribution in [0.15, 0.2) is 30.3 Å². The van der Waals surface area contributed by atoms with Gasteiger partial charge in [0, 0.05) is 19.8 Å². The van der Waals surface area contributed by atoms with Crippen LogP contribution < -0.4 is 5.73 Å². The third-order valence-electron chi connectivity index (χ3n) is 2.43. The normalized spacial score (nSPS) is 10.6. The monoisotopic (exact) mass is 237 g/mol. The Labute approximate surface area is 104 Å². The van der Waals surface area contributed by atoms with E-state index < -0.39 is 0 Å². The maximum Gasteiger partial charge on any atom is 0.0716 e. The summed E-state index contributed by atoms with van der Waals surface area (Å²) in [4.78, 5) is 0. The van der Waals surface area contributed by atoms with Crippen molar-refractivity contribution in [3.05, 3.63) is 35.9 Å². The minimum atomic E-state index is 0.703. The Kier molecular flexibility index (Phi) is 8.55. The highest BCUT2D eigenvalue weighted by Gasteiger charge is 1.93. The van der Waals surface area contributed by atoms with E-state index in [0.29, 0.717) is 13.2 Å². The molecule has 0 fully saturated rings. The standard InChI is InChI=1S/C14H23NO2/c15-9-6-12-16-10-4-5-11-17-13-14-7-2-1-3-8-14/h1-3,7-8H,4-6,9-13,15H2. The number of benzene rings is 1. The second kappa shape index (κ2) is 10.3. The van der Waals surface area contributed by atoms with Gasteiger partial charge in [-0.3, -0.25) is 0 Å². The quantitative estimate of drug-likeness (QED) is 0.635. The van der Waals surface area contributed by atoms with Crippen molar-refractivity contribution >= 4 is 0 Å². The highest BCUT2D eigenvalue weighted by atomic mass is 16.5. The molecule has 0 aliphatic rings. The van der Waals surface area contributed by atoms with E-state index in [4.69, 9.17) is 15.2 Å². The number of ether oxygens (including phenoxy) is 2. The van der Waals surface area contributed by atoms with Crippen molar-refractivity contribution in [2.45, 2.75) is 25.9 Å². The van der Waals surface area contributed by atoms with E-state index in [2.05, 4.69) is 12.1 Å². The van der Waals surface area contributed by atoms with E-state index in [1.807, 2.05) is 18.2 Å². The second-order valence-corrected chi connectivity index (χ2v) is 4.00. The van der Waals surface area contributed by atoms with Gasteiger partial charge in [0.25, 0.3) is 0 Å². The largest absolute Gasteiger partial charge is 0.381 e. The van der Waals surface area contributed by atoms with Gasteiger partial charge in [-0.25, -0.2) is 0 Å². The Balaban J connectivity index is 1.85. The molecule has 0 atom stereocenters. The van der Waals surface area contributed by atoms with Gasteiger partial charge in [0.1, 0.15) is 0 Å². The predicted octanol–water partition coefficient (Wildman–Crippen LogP) is 2.35. The molecule has 96 valence electrons. The summed E-state index contributed by atoms with van der Waals surface area (Å²) in [6.45, 7) is 3.81. The molecule has 0 aliphatic heterocycles. The first-order valence-corrected chi connectivity index (χ1v) is 6.33. The van der Waals surface area contributed by atoms with E-state index in [9.17, 15) is 0 Å². The second-order valence-electron chi connectivity index (χ2n) is 4.00. The molecule has 0 aromatic heterocycles. The fourth-order valence-corrected chi connectivity index (χ4v) is 1.46. The average molecular weight is 237 g/mol. The molecule has 1 aromatic rings. The van der Waals surface area contributed by atoms with E-state index in [1.165, 1.54) is 5.56 Å². The molecular formula is C14H23NO2. The van der Waals surface area contributed by atoms with E-state index >= 15 is 0 Å². The summed E-state index contributed by atoms with van der Waals surface area (Å²) in [7, 11) is 0. The number of hydrogen-bond donors (Lipinski definition) is 1. The van der Waals surface area contributed by atoms with Gasteiger partial charge in [0.15, 0.2) is 0 Å². The van der Waals surface area contributed by atoms with Crippen molar-refractivity contribution in [3.63, 3.8) is 0 Å². The van der Waals surface area contributed by atoms with Crippen molar-refractivity contribution < 1.29 is 9.47 Å². The summed E-state index contributed by atoms with van der Waals surface area (Å²) < 4.78 is 11.0. The molecule has 0 aliphatic carbocycles. The van der Waals surface area contributed by atoms with Crippen molar-refractivity contribution in [2.75, 3.05) is 26.4 Å². The Morgan fingerprint density at radius 2 is 1.47 bits per heavy atom. The summed E-state index contributed by atoms with van der Waals surface area (Å²) in [5, 5.41) is 0. The maximum atomic E-state index is 5.57. The molecule has 2 N–H and O–H groups in total. The summed E-state index contributed by atoms with van der Waals surface area (Å²) in [6, 6.07) is 10.2. The van der Waals surface area contributed by atoms with Crippen LogP contribution in [0.1, 0.15) is 24.8 Å². The van der Waals surface area contributed by atoms with Gasteiger partial charge in [-0.2, -0.15) is 0 Å². The van der Waals surface area contributed by atoms with Crippen LogP contribution in [0.5, 0.6) is 0 Å². The Morgan fingerprint density at radius 3 is 2.18 bits per heavy atom. The minimum Gasteiger partial charge on any atom is -0.381 e. The Bertz CT molecular complexity index is 264. The van der Waals surface area contributed by atoms with Crippen molar-refractivity contribution in [1.29, 1.82) is 0 Å². The molecule has 0 bridgehead atoms. The zero-order valence-electron chi connectivity index (χ0n) is 10.4. The fourth-order valence-electron chi connectivity index (χ4n) is 1.46. The lowest BCUT2D eigenvalue weighted by molar-refractivity contribution is 0.0952. The smallest absolute Gasteiger partial charge is 0.0716 e. The van der Waals surface area contributed by atoms with Crippen LogP contribution >= 0.6 is 0 Å². The number of hydrogen-bond acceptors (Lipinski definition) is 3. The lowest BCUT2D eigenvalue weighted by Crippen LogP contribution is -2.05. The van der Waals surface area contributed by atoms with E-state index in [1.54, 1.807) is 0 Å². The van der Waals surface area contributed by atoms with Crippen molar-refractivity contribution in [3.8, 4) is 0 Å². The number of unbranched alkanes of at least 4 members (excludes halogenated alkanes) is 1. The predicted molar refractivity (Wildman–Crippen MR) is 69.8 cm³/mol. The molecule has 3 heteroatoms. The molecule has 1 aromatic carbocycles. The first kappa shape index (κ1) is 14.2. The minimum absolute atomic E-state index is 0.703. The van der Waals surface area contributed by atoms with Crippen LogP contribution in [-0.4, -0.2) is 26.4 Å². The van der Waals surface area contributed by atoms with Crippen molar-refractivity contribution in [2.24, 2.45) is 5.73 Å². The van der Waals surface area contributed by atoms with Crippen LogP contribution in [0.3, 0.4) is 0 Å². The van der Waals surface area contributed by atoms with Crippen LogP contribution in [0.2, 0.25) is 0 Å². The van der Waals surface area contributed by atoms with Crippen LogP contribution in [0, 0.1) is 0 Å². The third kappa shape index (κ3) is 7.91. The first-order chi connectivity index (χ1) is 8.43. The SMILES string of the molecule is NCCCOCCCCOCc1ccccc1. The van der Waals surface area contributed by atoms with Gasteiger partial charge < -0.3 is 15.2 Å². The molecular weight excluding hydrogens is 214 g/mol. The third-order valence-corrected chi connectivity index (χ3v) is 2.43. The first-order valence-electron chi connectivity index (χ1n) is 6.33. The van der Waals surface area contributed by atoms with Gasteiger partial charge in [-0.15, -0.1) is 0 Å². The molecule has 17 heavy (non-hydrogen) atoms. The highest BCUT2D eigenvalue weighted by Crippen LogP contribution is 2.01. The van der Waals surface area contributed by atoms with Crippen LogP contribution in [0.25, 0.3) is 0 Å². The highest BCUT2D eigenvalue weighted by molar-refractivity contribution is 5.13. The lowest BCUT2D eigenvalue weighted by atomic mass is 10.2. The number of rotatable bonds is 10. The fraction of sp³-hybridized carbons (Fsp3) is 0.571. The molecule has 0 radical (unpaired) electrons. The number of nitrogens with two attached hydrogens (primary N) is 1. The molecule has 1 rings (SSSR count). The van der Waals surface area contributed by atoms with Gasteiger partial charge in [-0.05, 0) is 31.4 Å². The molecule has 0 amide bonds. The summed E-state index contributed by atoms with van der Waals surface area (Å²) >= 11 is 0. The van der Waals surface area contributed by atoms with Crippen LogP contribution in [0.4, 0.5) is 0 Å². The molecule has 3 nitrogen and oxygen atoms in total.